The van der Waals surface area contributed by atoms with Gasteiger partial charge in [-0.15, -0.1) is 0 Å². The van der Waals surface area contributed by atoms with Gasteiger partial charge in [0.15, 0.2) is 17.5 Å². The molecule has 1 atom stereocenters. The van der Waals surface area contributed by atoms with E-state index in [0.717, 1.165) is 12.1 Å². The molecule has 0 aliphatic rings. The number of rotatable bonds is 4. The van der Waals surface area contributed by atoms with Gasteiger partial charge in [0.1, 0.15) is 0 Å². The first-order valence-corrected chi connectivity index (χ1v) is 7.99. The molecule has 0 saturated carbocycles. The molecule has 0 radical (unpaired) electrons. The van der Waals surface area contributed by atoms with Gasteiger partial charge in [-0.25, -0.2) is 8.78 Å². The van der Waals surface area contributed by atoms with Crippen LogP contribution in [0.15, 0.2) is 47.0 Å². The number of nitrogens with zero attached hydrogens (tertiary/aromatic N) is 3. The van der Waals surface area contributed by atoms with Crippen LogP contribution < -0.4 is 0 Å². The van der Waals surface area contributed by atoms with Crippen LogP contribution in [0.2, 0.25) is 0 Å². The monoisotopic (exact) mass is 357 g/mol. The highest BCUT2D eigenvalue weighted by Gasteiger charge is 2.20. The summed E-state index contributed by atoms with van der Waals surface area (Å²) in [6.45, 7) is 3.47. The van der Waals surface area contributed by atoms with Crippen LogP contribution in [0, 0.1) is 18.6 Å². The number of hydrogen-bond donors (Lipinski definition) is 0. The Labute approximate surface area is 149 Å². The minimum absolute atomic E-state index is 0.240. The van der Waals surface area contributed by atoms with Crippen LogP contribution in [0.5, 0.6) is 0 Å². The van der Waals surface area contributed by atoms with Crippen molar-refractivity contribution < 1.29 is 18.1 Å². The third kappa shape index (κ3) is 3.46. The molecule has 1 unspecified atom stereocenters. The number of hydrogen-bond acceptors (Lipinski definition) is 4. The summed E-state index contributed by atoms with van der Waals surface area (Å²) in [6, 6.07) is 9.96. The normalized spacial score (nSPS) is 12.0. The third-order valence-corrected chi connectivity index (χ3v) is 4.23. The van der Waals surface area contributed by atoms with Crippen LogP contribution in [-0.2, 0) is 0 Å². The molecule has 5 nitrogen and oxygen atoms in total. The van der Waals surface area contributed by atoms with Gasteiger partial charge in [0, 0.05) is 18.2 Å². The fourth-order valence-corrected chi connectivity index (χ4v) is 2.55. The molecule has 0 saturated heterocycles. The molecule has 2 aromatic carbocycles. The van der Waals surface area contributed by atoms with Gasteiger partial charge in [0.2, 0.25) is 0 Å². The standard InChI is InChI=1S/C19H17F2N3O2/c1-11(15-8-9-16(20)17(21)10-15)24(3)19(25)14-6-4-13(5-7-14)18-22-12(2)23-26-18/h4-11H,1-3H3. The first-order valence-electron chi connectivity index (χ1n) is 7.99. The van der Waals surface area contributed by atoms with E-state index >= 15 is 0 Å². The molecule has 26 heavy (non-hydrogen) atoms. The average Bonchev–Trinajstić information content (AvgIpc) is 3.08. The highest BCUT2D eigenvalue weighted by atomic mass is 19.2. The lowest BCUT2D eigenvalue weighted by Gasteiger charge is -2.25. The number of carbonyl (C=O) groups is 1. The molecule has 0 aliphatic carbocycles. The first kappa shape index (κ1) is 17.7. The highest BCUT2D eigenvalue weighted by Crippen LogP contribution is 2.24. The van der Waals surface area contributed by atoms with E-state index < -0.39 is 17.7 Å². The molecule has 0 bridgehead atoms. The Morgan fingerprint density at radius 3 is 2.38 bits per heavy atom. The van der Waals surface area contributed by atoms with Gasteiger partial charge in [-0.05, 0) is 55.8 Å². The summed E-state index contributed by atoms with van der Waals surface area (Å²) >= 11 is 0. The highest BCUT2D eigenvalue weighted by molar-refractivity contribution is 5.94. The van der Waals surface area contributed by atoms with Gasteiger partial charge < -0.3 is 9.42 Å². The number of carbonyl (C=O) groups excluding carboxylic acids is 1. The second kappa shape index (κ2) is 7.03. The van der Waals surface area contributed by atoms with E-state index in [2.05, 4.69) is 10.1 Å². The Morgan fingerprint density at radius 2 is 1.81 bits per heavy atom. The van der Waals surface area contributed by atoms with E-state index in [1.165, 1.54) is 11.0 Å². The van der Waals surface area contributed by atoms with E-state index in [9.17, 15) is 13.6 Å². The molecule has 3 rings (SSSR count). The molecular formula is C19H17F2N3O2. The maximum Gasteiger partial charge on any atom is 0.257 e. The van der Waals surface area contributed by atoms with Gasteiger partial charge in [-0.1, -0.05) is 11.2 Å². The van der Waals surface area contributed by atoms with Crippen molar-refractivity contribution in [3.05, 3.63) is 71.1 Å². The van der Waals surface area contributed by atoms with Crippen molar-refractivity contribution in [2.75, 3.05) is 7.05 Å². The SMILES string of the molecule is Cc1noc(-c2ccc(C(=O)N(C)C(C)c3ccc(F)c(F)c3)cc2)n1. The molecule has 0 N–H and O–H groups in total. The van der Waals surface area contributed by atoms with E-state index in [4.69, 9.17) is 4.52 Å². The molecule has 7 heteroatoms. The van der Waals surface area contributed by atoms with Gasteiger partial charge in [0.05, 0.1) is 6.04 Å². The molecule has 0 aliphatic heterocycles. The summed E-state index contributed by atoms with van der Waals surface area (Å²) in [6.07, 6.45) is 0. The quantitative estimate of drug-likeness (QED) is 0.704. The number of halogens is 2. The van der Waals surface area contributed by atoms with Crippen LogP contribution in [-0.4, -0.2) is 28.0 Å². The lowest BCUT2D eigenvalue weighted by atomic mass is 10.1. The van der Waals surface area contributed by atoms with Crippen molar-refractivity contribution in [2.45, 2.75) is 19.9 Å². The van der Waals surface area contributed by atoms with Crippen LogP contribution in [0.3, 0.4) is 0 Å². The van der Waals surface area contributed by atoms with Crippen molar-refractivity contribution in [2.24, 2.45) is 0 Å². The Balaban J connectivity index is 1.78. The summed E-state index contributed by atoms with van der Waals surface area (Å²) in [5, 5.41) is 3.73. The average molecular weight is 357 g/mol. The molecule has 3 aromatic rings. The topological polar surface area (TPSA) is 59.2 Å². The smallest absolute Gasteiger partial charge is 0.257 e. The zero-order chi connectivity index (χ0) is 18.8. The second-order valence-electron chi connectivity index (χ2n) is 5.99. The van der Waals surface area contributed by atoms with Crippen LogP contribution in [0.1, 0.15) is 34.7 Å². The largest absolute Gasteiger partial charge is 0.335 e. The molecule has 1 amide bonds. The summed E-state index contributed by atoms with van der Waals surface area (Å²) in [5.41, 5.74) is 1.68. The molecule has 1 heterocycles. The fraction of sp³-hybridized carbons (Fsp3) is 0.211. The summed E-state index contributed by atoms with van der Waals surface area (Å²) in [7, 11) is 1.61. The zero-order valence-electron chi connectivity index (χ0n) is 14.5. The number of aromatic nitrogens is 2. The van der Waals surface area contributed by atoms with Crippen LogP contribution in [0.4, 0.5) is 8.78 Å². The van der Waals surface area contributed by atoms with Gasteiger partial charge >= 0.3 is 0 Å². The number of aryl methyl sites for hydroxylation is 1. The molecule has 1 aromatic heterocycles. The Morgan fingerprint density at radius 1 is 1.12 bits per heavy atom. The Bertz CT molecular complexity index is 938. The predicted octanol–water partition coefficient (Wildman–Crippen LogP) is 4.16. The molecular weight excluding hydrogens is 340 g/mol. The molecule has 0 fully saturated rings. The summed E-state index contributed by atoms with van der Waals surface area (Å²) < 4.78 is 31.6. The summed E-state index contributed by atoms with van der Waals surface area (Å²) in [4.78, 5) is 18.3. The summed E-state index contributed by atoms with van der Waals surface area (Å²) in [5.74, 6) is -1.18. The fourth-order valence-electron chi connectivity index (χ4n) is 2.55. The lowest BCUT2D eigenvalue weighted by Crippen LogP contribution is -2.29. The zero-order valence-corrected chi connectivity index (χ0v) is 14.5. The third-order valence-electron chi connectivity index (χ3n) is 4.23. The predicted molar refractivity (Wildman–Crippen MR) is 91.3 cm³/mol. The lowest BCUT2D eigenvalue weighted by molar-refractivity contribution is 0.0742. The Kier molecular flexibility index (Phi) is 4.79. The second-order valence-corrected chi connectivity index (χ2v) is 5.99. The number of benzene rings is 2. The minimum Gasteiger partial charge on any atom is -0.335 e. The number of amides is 1. The maximum atomic E-state index is 13.4. The van der Waals surface area contributed by atoms with Crippen molar-refractivity contribution >= 4 is 5.91 Å². The van der Waals surface area contributed by atoms with Crippen molar-refractivity contribution in [3.63, 3.8) is 0 Å². The van der Waals surface area contributed by atoms with E-state index in [1.807, 2.05) is 0 Å². The van der Waals surface area contributed by atoms with E-state index in [1.54, 1.807) is 45.2 Å². The molecule has 134 valence electrons. The van der Waals surface area contributed by atoms with Gasteiger partial charge in [-0.3, -0.25) is 4.79 Å². The maximum absolute atomic E-state index is 13.4. The van der Waals surface area contributed by atoms with Crippen molar-refractivity contribution in [1.82, 2.24) is 15.0 Å². The minimum atomic E-state index is -0.936. The van der Waals surface area contributed by atoms with Crippen LogP contribution in [0.25, 0.3) is 11.5 Å². The van der Waals surface area contributed by atoms with Crippen molar-refractivity contribution in [1.29, 1.82) is 0 Å². The van der Waals surface area contributed by atoms with E-state index in [-0.39, 0.29) is 5.91 Å². The van der Waals surface area contributed by atoms with Crippen molar-refractivity contribution in [3.8, 4) is 11.5 Å². The van der Waals surface area contributed by atoms with E-state index in [0.29, 0.717) is 28.4 Å². The molecule has 0 spiro atoms. The van der Waals surface area contributed by atoms with Gasteiger partial charge in [-0.2, -0.15) is 4.98 Å². The van der Waals surface area contributed by atoms with Gasteiger partial charge in [0.25, 0.3) is 11.8 Å². The van der Waals surface area contributed by atoms with Crippen LogP contribution >= 0.6 is 0 Å². The Hall–Kier alpha value is -3.09. The first-order chi connectivity index (χ1) is 12.4.